The summed E-state index contributed by atoms with van der Waals surface area (Å²) >= 11 is 0. The summed E-state index contributed by atoms with van der Waals surface area (Å²) in [5.41, 5.74) is 2.85. The number of nitrogens with zero attached hydrogens (tertiary/aromatic N) is 1. The Balaban J connectivity index is 1.97. The molecule has 0 unspecified atom stereocenters. The molecule has 0 aromatic carbocycles. The highest BCUT2D eigenvalue weighted by Crippen LogP contribution is 2.14. The highest BCUT2D eigenvalue weighted by molar-refractivity contribution is 5.93. The van der Waals surface area contributed by atoms with Gasteiger partial charge in [0.2, 0.25) is 11.8 Å². The van der Waals surface area contributed by atoms with Crippen molar-refractivity contribution in [1.29, 1.82) is 0 Å². The normalized spacial score (nSPS) is 13.8. The first-order valence-electron chi connectivity index (χ1n) is 5.87. The molecule has 2 heterocycles. The largest absolute Gasteiger partial charge is 0.481 e. The van der Waals surface area contributed by atoms with E-state index in [1.54, 1.807) is 13.3 Å². The number of amides is 1. The lowest BCUT2D eigenvalue weighted by atomic mass is 10.0. The summed E-state index contributed by atoms with van der Waals surface area (Å²) in [6.07, 6.45) is 1.66. The van der Waals surface area contributed by atoms with Crippen LogP contribution in [-0.4, -0.2) is 31.1 Å². The summed E-state index contributed by atoms with van der Waals surface area (Å²) in [5.74, 6) is 0.519. The molecule has 2 rings (SSSR count). The number of ether oxygens (including phenoxy) is 1. The second kappa shape index (κ2) is 5.64. The third-order valence-electron chi connectivity index (χ3n) is 3.03. The second-order valence-corrected chi connectivity index (χ2v) is 4.19. The molecule has 1 fully saturated rings. The Morgan fingerprint density at radius 1 is 1.56 bits per heavy atom. The van der Waals surface area contributed by atoms with E-state index in [0.29, 0.717) is 12.4 Å². The molecule has 1 amide bonds. The van der Waals surface area contributed by atoms with Gasteiger partial charge >= 0.3 is 0 Å². The van der Waals surface area contributed by atoms with E-state index in [1.165, 1.54) is 5.57 Å². The molecule has 1 aromatic heterocycles. The Bertz CT molecular complexity index is 477. The smallest absolute Gasteiger partial charge is 0.247 e. The van der Waals surface area contributed by atoms with Crippen LogP contribution in [0.2, 0.25) is 0 Å². The van der Waals surface area contributed by atoms with Crippen molar-refractivity contribution in [3.8, 4) is 5.88 Å². The summed E-state index contributed by atoms with van der Waals surface area (Å²) in [5, 5.41) is 6.00. The fraction of sp³-hybridized carbons (Fsp3) is 0.385. The van der Waals surface area contributed by atoms with Gasteiger partial charge in [0.15, 0.2) is 0 Å². The molecular weight excluding hydrogens is 230 g/mol. The summed E-state index contributed by atoms with van der Waals surface area (Å²) in [4.78, 5) is 16.0. The van der Waals surface area contributed by atoms with Crippen molar-refractivity contribution in [2.75, 3.05) is 20.2 Å². The van der Waals surface area contributed by atoms with E-state index >= 15 is 0 Å². The number of carbonyl (C=O) groups excluding carboxylic acids is 1. The molecule has 0 aliphatic carbocycles. The molecule has 0 saturated carbocycles. The Morgan fingerprint density at radius 3 is 2.94 bits per heavy atom. The first-order chi connectivity index (χ1) is 8.72. The van der Waals surface area contributed by atoms with Crippen LogP contribution in [0.5, 0.6) is 5.88 Å². The van der Waals surface area contributed by atoms with E-state index < -0.39 is 0 Å². The number of methoxy groups -OCH3 is 1. The van der Waals surface area contributed by atoms with E-state index in [2.05, 4.69) is 15.6 Å². The highest BCUT2D eigenvalue weighted by atomic mass is 16.5. The highest BCUT2D eigenvalue weighted by Gasteiger charge is 2.16. The van der Waals surface area contributed by atoms with Gasteiger partial charge in [-0.1, -0.05) is 6.07 Å². The van der Waals surface area contributed by atoms with Gasteiger partial charge in [-0.2, -0.15) is 0 Å². The molecule has 5 heteroatoms. The van der Waals surface area contributed by atoms with Crippen molar-refractivity contribution >= 4 is 5.91 Å². The number of rotatable bonds is 4. The minimum absolute atomic E-state index is 0.0302. The van der Waals surface area contributed by atoms with Crippen LogP contribution in [0, 0.1) is 0 Å². The Kier molecular flexibility index (Phi) is 3.94. The van der Waals surface area contributed by atoms with Gasteiger partial charge in [-0.3, -0.25) is 4.79 Å². The van der Waals surface area contributed by atoms with Crippen LogP contribution >= 0.6 is 0 Å². The topological polar surface area (TPSA) is 63.2 Å². The van der Waals surface area contributed by atoms with E-state index in [9.17, 15) is 4.79 Å². The number of hydrogen-bond donors (Lipinski definition) is 2. The molecule has 2 N–H and O–H groups in total. The zero-order chi connectivity index (χ0) is 13.0. The van der Waals surface area contributed by atoms with Crippen LogP contribution in [0.4, 0.5) is 0 Å². The Hall–Kier alpha value is -1.88. The van der Waals surface area contributed by atoms with E-state index in [4.69, 9.17) is 4.74 Å². The SMILES string of the molecule is COc1ncccc1CNC(=O)C(C)=C1CNC1. The maximum absolute atomic E-state index is 11.9. The minimum atomic E-state index is -0.0302. The van der Waals surface area contributed by atoms with Gasteiger partial charge in [-0.05, 0) is 18.6 Å². The third-order valence-corrected chi connectivity index (χ3v) is 3.03. The van der Waals surface area contributed by atoms with Crippen molar-refractivity contribution in [2.45, 2.75) is 13.5 Å². The molecule has 0 radical (unpaired) electrons. The van der Waals surface area contributed by atoms with Crippen LogP contribution in [0.3, 0.4) is 0 Å². The molecule has 0 spiro atoms. The number of aromatic nitrogens is 1. The van der Waals surface area contributed by atoms with Crippen LogP contribution in [0.15, 0.2) is 29.5 Å². The summed E-state index contributed by atoms with van der Waals surface area (Å²) in [6.45, 7) is 3.91. The van der Waals surface area contributed by atoms with Crippen molar-refractivity contribution in [2.24, 2.45) is 0 Å². The van der Waals surface area contributed by atoms with Gasteiger partial charge in [0.25, 0.3) is 0 Å². The van der Waals surface area contributed by atoms with Crippen LogP contribution < -0.4 is 15.4 Å². The number of carbonyl (C=O) groups is 1. The summed E-state index contributed by atoms with van der Waals surface area (Å²) in [6, 6.07) is 3.71. The first-order valence-corrected chi connectivity index (χ1v) is 5.87. The van der Waals surface area contributed by atoms with Crippen LogP contribution in [0.25, 0.3) is 0 Å². The Labute approximate surface area is 106 Å². The van der Waals surface area contributed by atoms with Crippen molar-refractivity contribution in [1.82, 2.24) is 15.6 Å². The van der Waals surface area contributed by atoms with Gasteiger partial charge in [0.05, 0.1) is 7.11 Å². The fourth-order valence-electron chi connectivity index (χ4n) is 1.73. The van der Waals surface area contributed by atoms with Gasteiger partial charge in [0, 0.05) is 37.0 Å². The lowest BCUT2D eigenvalue weighted by Gasteiger charge is -2.21. The molecule has 1 saturated heterocycles. The van der Waals surface area contributed by atoms with Crippen LogP contribution in [-0.2, 0) is 11.3 Å². The quantitative estimate of drug-likeness (QED) is 0.766. The summed E-state index contributed by atoms with van der Waals surface area (Å²) < 4.78 is 5.13. The van der Waals surface area contributed by atoms with Crippen molar-refractivity contribution in [3.05, 3.63) is 35.0 Å². The predicted molar refractivity (Wildman–Crippen MR) is 68.2 cm³/mol. The molecular formula is C13H17N3O2. The second-order valence-electron chi connectivity index (χ2n) is 4.19. The zero-order valence-corrected chi connectivity index (χ0v) is 10.6. The monoisotopic (exact) mass is 247 g/mol. The molecule has 1 aliphatic rings. The minimum Gasteiger partial charge on any atom is -0.481 e. The number of hydrogen-bond acceptors (Lipinski definition) is 4. The maximum atomic E-state index is 11.9. The lowest BCUT2D eigenvalue weighted by Crippen LogP contribution is -2.37. The molecule has 96 valence electrons. The number of nitrogens with one attached hydrogen (secondary N) is 2. The summed E-state index contributed by atoms with van der Waals surface area (Å²) in [7, 11) is 1.57. The van der Waals surface area contributed by atoms with Gasteiger partial charge in [-0.15, -0.1) is 0 Å². The Morgan fingerprint density at radius 2 is 2.33 bits per heavy atom. The standard InChI is InChI=1S/C13H17N3O2/c1-9(11-6-14-7-11)12(17)16-8-10-4-3-5-15-13(10)18-2/h3-5,14H,6-8H2,1-2H3,(H,16,17). The molecule has 1 aromatic rings. The van der Waals surface area contributed by atoms with Gasteiger partial charge < -0.3 is 15.4 Å². The van der Waals surface area contributed by atoms with E-state index in [1.807, 2.05) is 19.1 Å². The van der Waals surface area contributed by atoms with E-state index in [0.717, 1.165) is 24.2 Å². The fourth-order valence-corrected chi connectivity index (χ4v) is 1.73. The molecule has 18 heavy (non-hydrogen) atoms. The lowest BCUT2D eigenvalue weighted by molar-refractivity contribution is -0.117. The van der Waals surface area contributed by atoms with Crippen molar-refractivity contribution in [3.63, 3.8) is 0 Å². The molecule has 1 aliphatic heterocycles. The molecule has 0 atom stereocenters. The van der Waals surface area contributed by atoms with E-state index in [-0.39, 0.29) is 5.91 Å². The van der Waals surface area contributed by atoms with Crippen LogP contribution in [0.1, 0.15) is 12.5 Å². The predicted octanol–water partition coefficient (Wildman–Crippen LogP) is 0.626. The van der Waals surface area contributed by atoms with Gasteiger partial charge in [0.1, 0.15) is 0 Å². The first kappa shape index (κ1) is 12.6. The molecule has 5 nitrogen and oxygen atoms in total. The average Bonchev–Trinajstić information content (AvgIpc) is 2.34. The van der Waals surface area contributed by atoms with Gasteiger partial charge in [-0.25, -0.2) is 4.98 Å². The maximum Gasteiger partial charge on any atom is 0.247 e. The zero-order valence-electron chi connectivity index (χ0n) is 10.6. The molecule has 0 bridgehead atoms. The van der Waals surface area contributed by atoms with Crippen molar-refractivity contribution < 1.29 is 9.53 Å². The average molecular weight is 247 g/mol. The number of pyridine rings is 1. The third kappa shape index (κ3) is 2.68.